The zero-order chi connectivity index (χ0) is 21.2. The van der Waals surface area contributed by atoms with Crippen molar-refractivity contribution in [3.05, 3.63) is 53.6 Å². The van der Waals surface area contributed by atoms with E-state index in [9.17, 15) is 0 Å². The van der Waals surface area contributed by atoms with Crippen LogP contribution in [0.4, 0.5) is 0 Å². The van der Waals surface area contributed by atoms with Gasteiger partial charge < -0.3 is 29.7 Å². The van der Waals surface area contributed by atoms with E-state index in [1.54, 1.807) is 28.4 Å². The summed E-state index contributed by atoms with van der Waals surface area (Å²) < 4.78 is 16.0. The molecule has 0 spiro atoms. The summed E-state index contributed by atoms with van der Waals surface area (Å²) in [7, 11) is 10.9. The molecule has 2 N–H and O–H groups in total. The van der Waals surface area contributed by atoms with Gasteiger partial charge in [0.2, 0.25) is 0 Å². The minimum atomic E-state index is 0. The minimum Gasteiger partial charge on any atom is -0.497 e. The highest BCUT2D eigenvalue weighted by atomic mass is 127. The maximum atomic E-state index is 5.46. The van der Waals surface area contributed by atoms with Gasteiger partial charge in [0.25, 0.3) is 0 Å². The van der Waals surface area contributed by atoms with Gasteiger partial charge in [-0.25, -0.2) is 0 Å². The third-order valence-electron chi connectivity index (χ3n) is 4.75. The first-order valence-corrected chi connectivity index (χ1v) is 9.48. The van der Waals surface area contributed by atoms with Crippen molar-refractivity contribution in [1.82, 2.24) is 15.5 Å². The maximum Gasteiger partial charge on any atom is 0.191 e. The van der Waals surface area contributed by atoms with Crippen LogP contribution in [-0.2, 0) is 6.54 Å². The van der Waals surface area contributed by atoms with Crippen LogP contribution in [-0.4, -0.2) is 59.9 Å². The first kappa shape index (κ1) is 25.8. The molecule has 8 heteroatoms. The summed E-state index contributed by atoms with van der Waals surface area (Å²) >= 11 is 0. The van der Waals surface area contributed by atoms with Gasteiger partial charge >= 0.3 is 0 Å². The summed E-state index contributed by atoms with van der Waals surface area (Å²) in [5.41, 5.74) is 2.23. The van der Waals surface area contributed by atoms with Gasteiger partial charge in [-0.05, 0) is 43.9 Å². The molecule has 1 unspecified atom stereocenters. The molecule has 0 radical (unpaired) electrons. The van der Waals surface area contributed by atoms with E-state index in [0.29, 0.717) is 13.1 Å². The second-order valence-corrected chi connectivity index (χ2v) is 6.74. The lowest BCUT2D eigenvalue weighted by molar-refractivity contribution is 0.298. The van der Waals surface area contributed by atoms with Gasteiger partial charge in [0.15, 0.2) is 5.96 Å². The zero-order valence-corrected chi connectivity index (χ0v) is 20.9. The van der Waals surface area contributed by atoms with Crippen LogP contribution in [0, 0.1) is 0 Å². The Kier molecular flexibility index (Phi) is 11.3. The summed E-state index contributed by atoms with van der Waals surface area (Å²) in [6.45, 7) is 1.29. The lowest BCUT2D eigenvalue weighted by Gasteiger charge is -2.26. The molecular formula is C22H33IN4O3. The molecule has 0 bridgehead atoms. The van der Waals surface area contributed by atoms with E-state index in [2.05, 4.69) is 46.8 Å². The Morgan fingerprint density at radius 1 is 0.933 bits per heavy atom. The highest BCUT2D eigenvalue weighted by Gasteiger charge is 2.15. The molecule has 0 aliphatic heterocycles. The molecule has 0 saturated heterocycles. The molecule has 166 valence electrons. The number of guanidine groups is 1. The molecular weight excluding hydrogens is 495 g/mol. The summed E-state index contributed by atoms with van der Waals surface area (Å²) in [6, 6.07) is 14.1. The molecule has 1 atom stereocenters. The second kappa shape index (κ2) is 13.2. The quantitative estimate of drug-likeness (QED) is 0.296. The normalized spacial score (nSPS) is 12.0. The van der Waals surface area contributed by atoms with Crippen LogP contribution in [0.25, 0.3) is 0 Å². The molecule has 2 rings (SSSR count). The SMILES string of the molecule is CN=C(NCc1ccc(OC)cc1OC)NCC(c1ccc(OC)cc1)N(C)C.I. The smallest absolute Gasteiger partial charge is 0.191 e. The molecule has 2 aromatic rings. The van der Waals surface area contributed by atoms with E-state index in [4.69, 9.17) is 14.2 Å². The number of rotatable bonds is 9. The predicted molar refractivity (Wildman–Crippen MR) is 133 cm³/mol. The summed E-state index contributed by atoms with van der Waals surface area (Å²) in [5.74, 6) is 3.12. The Bertz CT molecular complexity index is 797. The fraction of sp³-hybridized carbons (Fsp3) is 0.409. The van der Waals surface area contributed by atoms with Crippen molar-refractivity contribution in [2.75, 3.05) is 49.0 Å². The van der Waals surface area contributed by atoms with Crippen molar-refractivity contribution in [2.24, 2.45) is 4.99 Å². The fourth-order valence-corrected chi connectivity index (χ4v) is 3.02. The molecule has 0 aliphatic carbocycles. The number of nitrogens with zero attached hydrogens (tertiary/aromatic N) is 2. The van der Waals surface area contributed by atoms with Crippen LogP contribution in [0.3, 0.4) is 0 Å². The predicted octanol–water partition coefficient (Wildman–Crippen LogP) is 3.30. The van der Waals surface area contributed by atoms with E-state index in [1.807, 2.05) is 30.3 Å². The van der Waals surface area contributed by atoms with Crippen molar-refractivity contribution in [1.29, 1.82) is 0 Å². The van der Waals surface area contributed by atoms with Gasteiger partial charge in [0.05, 0.1) is 27.4 Å². The van der Waals surface area contributed by atoms with Crippen LogP contribution in [0.15, 0.2) is 47.5 Å². The van der Waals surface area contributed by atoms with Crippen LogP contribution >= 0.6 is 24.0 Å². The Morgan fingerprint density at radius 3 is 2.10 bits per heavy atom. The molecule has 0 amide bonds. The lowest BCUT2D eigenvalue weighted by atomic mass is 10.1. The molecule has 2 aromatic carbocycles. The lowest BCUT2D eigenvalue weighted by Crippen LogP contribution is -2.41. The van der Waals surface area contributed by atoms with E-state index < -0.39 is 0 Å². The summed E-state index contributed by atoms with van der Waals surface area (Å²) in [4.78, 5) is 6.51. The van der Waals surface area contributed by atoms with Crippen molar-refractivity contribution < 1.29 is 14.2 Å². The average molecular weight is 528 g/mol. The standard InChI is InChI=1S/C22H32N4O3.HI/c1-23-22(24-14-17-9-12-19(28-5)13-21(17)29-6)25-15-20(26(2)3)16-7-10-18(27-4)11-8-16;/h7-13,20H,14-15H2,1-6H3,(H2,23,24,25);1H. The van der Waals surface area contributed by atoms with Gasteiger partial charge in [-0.2, -0.15) is 0 Å². The van der Waals surface area contributed by atoms with Crippen LogP contribution in [0.1, 0.15) is 17.2 Å². The number of benzene rings is 2. The number of methoxy groups -OCH3 is 3. The van der Waals surface area contributed by atoms with Crippen LogP contribution in [0.2, 0.25) is 0 Å². The Hall–Kier alpha value is -2.20. The third-order valence-corrected chi connectivity index (χ3v) is 4.75. The molecule has 0 saturated carbocycles. The van der Waals surface area contributed by atoms with Crippen LogP contribution in [0.5, 0.6) is 17.2 Å². The number of ether oxygens (including phenoxy) is 3. The summed E-state index contributed by atoms with van der Waals surface area (Å²) in [5, 5.41) is 6.75. The third kappa shape index (κ3) is 7.24. The molecule has 0 aliphatic rings. The minimum absolute atomic E-state index is 0. The molecule has 0 heterocycles. The number of hydrogen-bond acceptors (Lipinski definition) is 5. The topological polar surface area (TPSA) is 67.4 Å². The maximum absolute atomic E-state index is 5.46. The Labute approximate surface area is 196 Å². The first-order chi connectivity index (χ1) is 14.0. The number of halogens is 1. The van der Waals surface area contributed by atoms with Crippen molar-refractivity contribution >= 4 is 29.9 Å². The van der Waals surface area contributed by atoms with Gasteiger partial charge in [0, 0.05) is 31.8 Å². The van der Waals surface area contributed by atoms with Gasteiger partial charge in [-0.1, -0.05) is 12.1 Å². The Morgan fingerprint density at radius 2 is 1.57 bits per heavy atom. The van der Waals surface area contributed by atoms with E-state index in [1.165, 1.54) is 5.56 Å². The molecule has 7 nitrogen and oxygen atoms in total. The Balaban J connectivity index is 0.00000450. The molecule has 0 aromatic heterocycles. The number of likely N-dealkylation sites (N-methyl/N-ethyl adjacent to an activating group) is 1. The van der Waals surface area contributed by atoms with E-state index in [0.717, 1.165) is 28.8 Å². The largest absolute Gasteiger partial charge is 0.497 e. The monoisotopic (exact) mass is 528 g/mol. The number of hydrogen-bond donors (Lipinski definition) is 2. The van der Waals surface area contributed by atoms with Crippen molar-refractivity contribution in [3.8, 4) is 17.2 Å². The van der Waals surface area contributed by atoms with Gasteiger partial charge in [-0.3, -0.25) is 4.99 Å². The second-order valence-electron chi connectivity index (χ2n) is 6.74. The molecule has 30 heavy (non-hydrogen) atoms. The highest BCUT2D eigenvalue weighted by Crippen LogP contribution is 2.24. The van der Waals surface area contributed by atoms with Crippen molar-refractivity contribution in [2.45, 2.75) is 12.6 Å². The van der Waals surface area contributed by atoms with E-state index in [-0.39, 0.29) is 30.0 Å². The number of nitrogens with one attached hydrogen (secondary N) is 2. The van der Waals surface area contributed by atoms with Gasteiger partial charge in [-0.15, -0.1) is 24.0 Å². The highest BCUT2D eigenvalue weighted by molar-refractivity contribution is 14.0. The van der Waals surface area contributed by atoms with Gasteiger partial charge in [0.1, 0.15) is 17.2 Å². The summed E-state index contributed by atoms with van der Waals surface area (Å²) in [6.07, 6.45) is 0. The average Bonchev–Trinajstić information content (AvgIpc) is 2.76. The van der Waals surface area contributed by atoms with E-state index >= 15 is 0 Å². The number of aliphatic imine (C=N–C) groups is 1. The first-order valence-electron chi connectivity index (χ1n) is 9.48. The zero-order valence-electron chi connectivity index (χ0n) is 18.6. The van der Waals surface area contributed by atoms with Crippen LogP contribution < -0.4 is 24.8 Å². The van der Waals surface area contributed by atoms with Crippen molar-refractivity contribution in [3.63, 3.8) is 0 Å². The fourth-order valence-electron chi connectivity index (χ4n) is 3.02. The molecule has 0 fully saturated rings.